The molecule has 4 aromatic rings. The molecule has 1 atom stereocenters. The number of ether oxygens (including phenoxy) is 1. The van der Waals surface area contributed by atoms with Gasteiger partial charge in [0.25, 0.3) is 11.5 Å². The Morgan fingerprint density at radius 1 is 1.09 bits per heavy atom. The van der Waals surface area contributed by atoms with Crippen LogP contribution in [0.5, 0.6) is 0 Å². The monoisotopic (exact) mass is 452 g/mol. The number of nitrogens with zero attached hydrogens (tertiary/aromatic N) is 2. The number of rotatable bonds is 2. The number of halogens is 3. The zero-order chi connectivity index (χ0) is 23.4. The number of carbonyl (C=O) groups is 1. The molecule has 0 radical (unpaired) electrons. The first kappa shape index (κ1) is 20.8. The summed E-state index contributed by atoms with van der Waals surface area (Å²) >= 11 is 0. The minimum Gasteiger partial charge on any atom is -0.373 e. The van der Waals surface area contributed by atoms with Crippen LogP contribution in [-0.2, 0) is 11.3 Å². The normalized spacial score (nSPS) is 15.4. The predicted molar refractivity (Wildman–Crippen MR) is 112 cm³/mol. The van der Waals surface area contributed by atoms with E-state index in [1.807, 2.05) is 6.07 Å². The third-order valence-corrected chi connectivity index (χ3v) is 5.88. The zero-order valence-electron chi connectivity index (χ0n) is 17.1. The molecule has 0 aliphatic carbocycles. The number of nitriles is 1. The van der Waals surface area contributed by atoms with Gasteiger partial charge in [0.2, 0.25) is 0 Å². The SMILES string of the molecule is CN(C(=O)c1cc2c(C#N)cc(F)cc2[nH]1)[C@H]1COCc2[nH]c(=O)c3cc(F)c(F)cc3c21. The van der Waals surface area contributed by atoms with Crippen LogP contribution in [0.25, 0.3) is 21.7 Å². The second kappa shape index (κ2) is 7.50. The largest absolute Gasteiger partial charge is 0.373 e. The number of carbonyl (C=O) groups excluding carboxylic acids is 1. The van der Waals surface area contributed by atoms with Gasteiger partial charge in [-0.25, -0.2) is 13.2 Å². The third kappa shape index (κ3) is 3.25. The maximum Gasteiger partial charge on any atom is 0.270 e. The van der Waals surface area contributed by atoms with Gasteiger partial charge in [-0.15, -0.1) is 0 Å². The molecule has 2 N–H and O–H groups in total. The first-order valence-electron chi connectivity index (χ1n) is 9.89. The number of likely N-dealkylation sites (N-methyl/N-ethyl adjacent to an activating group) is 1. The van der Waals surface area contributed by atoms with E-state index in [0.29, 0.717) is 16.6 Å². The average Bonchev–Trinajstić information content (AvgIpc) is 3.22. The minimum absolute atomic E-state index is 0.0369. The number of nitrogens with one attached hydrogen (secondary N) is 2. The van der Waals surface area contributed by atoms with Crippen molar-refractivity contribution in [2.75, 3.05) is 13.7 Å². The van der Waals surface area contributed by atoms with Gasteiger partial charge in [0.05, 0.1) is 41.8 Å². The summed E-state index contributed by atoms with van der Waals surface area (Å²) < 4.78 is 47.2. The number of fused-ring (bicyclic) bond motifs is 4. The van der Waals surface area contributed by atoms with Crippen molar-refractivity contribution in [3.05, 3.63) is 80.7 Å². The number of aromatic amines is 2. The van der Waals surface area contributed by atoms with Crippen LogP contribution in [0.2, 0.25) is 0 Å². The van der Waals surface area contributed by atoms with Crippen molar-refractivity contribution in [3.63, 3.8) is 0 Å². The van der Waals surface area contributed by atoms with E-state index in [2.05, 4.69) is 9.97 Å². The molecule has 33 heavy (non-hydrogen) atoms. The minimum atomic E-state index is -1.15. The van der Waals surface area contributed by atoms with Gasteiger partial charge in [0, 0.05) is 23.7 Å². The van der Waals surface area contributed by atoms with E-state index in [0.717, 1.165) is 18.2 Å². The smallest absolute Gasteiger partial charge is 0.270 e. The van der Waals surface area contributed by atoms with Crippen molar-refractivity contribution in [1.82, 2.24) is 14.9 Å². The predicted octanol–water partition coefficient (Wildman–Crippen LogP) is 3.64. The highest BCUT2D eigenvalue weighted by molar-refractivity contribution is 6.00. The summed E-state index contributed by atoms with van der Waals surface area (Å²) in [6.45, 7) is 0.0862. The molecule has 0 fully saturated rings. The van der Waals surface area contributed by atoms with Crippen molar-refractivity contribution < 1.29 is 22.7 Å². The van der Waals surface area contributed by atoms with Crippen LogP contribution in [0.15, 0.2) is 35.1 Å². The van der Waals surface area contributed by atoms with E-state index in [4.69, 9.17) is 4.74 Å². The molecule has 0 spiro atoms. The van der Waals surface area contributed by atoms with E-state index < -0.39 is 35.0 Å². The van der Waals surface area contributed by atoms with Gasteiger partial charge in [0.15, 0.2) is 11.6 Å². The van der Waals surface area contributed by atoms with Gasteiger partial charge < -0.3 is 19.6 Å². The van der Waals surface area contributed by atoms with Gasteiger partial charge in [-0.3, -0.25) is 9.59 Å². The maximum absolute atomic E-state index is 14.1. The zero-order valence-corrected chi connectivity index (χ0v) is 17.1. The standard InChI is InChI=1S/C23H15F3N4O3/c1-30(23(32)18-6-12-10(7-27)2-11(24)3-17(12)28-18)20-9-33-8-19-21(20)13-4-15(25)16(26)5-14(13)22(31)29-19/h2-6,20,28H,8-9H2,1H3,(H,29,31)/t20-/m0/s1. The molecule has 0 saturated heterocycles. The molecule has 1 aliphatic rings. The molecule has 166 valence electrons. The second-order valence-electron chi connectivity index (χ2n) is 7.81. The Kier molecular flexibility index (Phi) is 4.72. The van der Waals surface area contributed by atoms with Gasteiger partial charge >= 0.3 is 0 Å². The maximum atomic E-state index is 14.1. The molecule has 1 amide bonds. The van der Waals surface area contributed by atoms with E-state index >= 15 is 0 Å². The van der Waals surface area contributed by atoms with Crippen LogP contribution in [-0.4, -0.2) is 34.4 Å². The molecule has 0 saturated carbocycles. The fourth-order valence-corrected chi connectivity index (χ4v) is 4.29. The number of benzene rings is 2. The Morgan fingerprint density at radius 3 is 2.55 bits per heavy atom. The summed E-state index contributed by atoms with van der Waals surface area (Å²) in [7, 11) is 1.50. The molecule has 0 bridgehead atoms. The fourth-order valence-electron chi connectivity index (χ4n) is 4.29. The quantitative estimate of drug-likeness (QED) is 0.485. The van der Waals surface area contributed by atoms with Crippen molar-refractivity contribution in [2.24, 2.45) is 0 Å². The Bertz CT molecular complexity index is 1570. The Morgan fingerprint density at radius 2 is 1.82 bits per heavy atom. The fraction of sp³-hybridized carbons (Fsp3) is 0.174. The summed E-state index contributed by atoms with van der Waals surface area (Å²) in [4.78, 5) is 32.5. The Labute approximate surface area is 184 Å². The molecule has 0 unspecified atom stereocenters. The van der Waals surface area contributed by atoms with Crippen molar-refractivity contribution in [1.29, 1.82) is 5.26 Å². The Hall–Kier alpha value is -4.10. The average molecular weight is 452 g/mol. The van der Waals surface area contributed by atoms with Crippen molar-refractivity contribution in [3.8, 4) is 6.07 Å². The van der Waals surface area contributed by atoms with Crippen LogP contribution in [0.1, 0.15) is 33.4 Å². The van der Waals surface area contributed by atoms with Crippen molar-refractivity contribution >= 4 is 27.6 Å². The van der Waals surface area contributed by atoms with Crippen LogP contribution in [0.3, 0.4) is 0 Å². The number of aromatic nitrogens is 2. The summed E-state index contributed by atoms with van der Waals surface area (Å²) in [6, 6.07) is 6.65. The van der Waals surface area contributed by atoms with Crippen LogP contribution in [0.4, 0.5) is 13.2 Å². The lowest BCUT2D eigenvalue weighted by atomic mass is 9.95. The molecule has 10 heteroatoms. The molecule has 7 nitrogen and oxygen atoms in total. The second-order valence-corrected chi connectivity index (χ2v) is 7.81. The number of H-pyrrole nitrogens is 2. The van der Waals surface area contributed by atoms with Crippen LogP contribution >= 0.6 is 0 Å². The molecular formula is C23H15F3N4O3. The van der Waals surface area contributed by atoms with Gasteiger partial charge in [-0.2, -0.15) is 5.26 Å². The number of hydrogen-bond donors (Lipinski definition) is 2. The summed E-state index contributed by atoms with van der Waals surface area (Å²) in [5.41, 5.74) is 0.687. The lowest BCUT2D eigenvalue weighted by Gasteiger charge is -2.33. The first-order chi connectivity index (χ1) is 15.8. The molecule has 2 aromatic heterocycles. The lowest BCUT2D eigenvalue weighted by Crippen LogP contribution is -2.37. The number of amides is 1. The van der Waals surface area contributed by atoms with Gasteiger partial charge in [0.1, 0.15) is 11.5 Å². The highest BCUT2D eigenvalue weighted by atomic mass is 19.2. The number of hydrogen-bond acceptors (Lipinski definition) is 4. The van der Waals surface area contributed by atoms with E-state index in [1.54, 1.807) is 0 Å². The first-order valence-corrected chi connectivity index (χ1v) is 9.89. The van der Waals surface area contributed by atoms with E-state index in [1.165, 1.54) is 24.1 Å². The van der Waals surface area contributed by atoms with Gasteiger partial charge in [-0.1, -0.05) is 0 Å². The van der Waals surface area contributed by atoms with Crippen LogP contribution < -0.4 is 5.56 Å². The highest BCUT2D eigenvalue weighted by Crippen LogP contribution is 2.34. The van der Waals surface area contributed by atoms with E-state index in [-0.39, 0.29) is 40.8 Å². The number of pyridine rings is 1. The lowest BCUT2D eigenvalue weighted by molar-refractivity contribution is 0.0333. The highest BCUT2D eigenvalue weighted by Gasteiger charge is 2.32. The molecule has 3 heterocycles. The van der Waals surface area contributed by atoms with Gasteiger partial charge in [-0.05, 0) is 35.7 Å². The summed E-state index contributed by atoms with van der Waals surface area (Å²) in [5, 5.41) is 9.80. The Balaban J connectivity index is 1.62. The summed E-state index contributed by atoms with van der Waals surface area (Å²) in [6.07, 6.45) is 0. The third-order valence-electron chi connectivity index (χ3n) is 5.88. The molecule has 1 aliphatic heterocycles. The topological polar surface area (TPSA) is 102 Å². The van der Waals surface area contributed by atoms with Crippen molar-refractivity contribution in [2.45, 2.75) is 12.6 Å². The molecule has 2 aromatic carbocycles. The van der Waals surface area contributed by atoms with Crippen LogP contribution in [0, 0.1) is 28.8 Å². The molecular weight excluding hydrogens is 437 g/mol. The summed E-state index contributed by atoms with van der Waals surface area (Å²) in [5.74, 6) is -3.39. The van der Waals surface area contributed by atoms with E-state index in [9.17, 15) is 28.0 Å². The molecule has 5 rings (SSSR count).